The molecule has 0 amide bonds. The number of rotatable bonds is 4. The first-order valence-corrected chi connectivity index (χ1v) is 8.08. The molecule has 1 saturated carbocycles. The zero-order valence-corrected chi connectivity index (χ0v) is 12.9. The average molecular weight is 299 g/mol. The summed E-state index contributed by atoms with van der Waals surface area (Å²) in [6.45, 7) is 1.65. The summed E-state index contributed by atoms with van der Waals surface area (Å²) in [5, 5.41) is 8.47. The van der Waals surface area contributed by atoms with E-state index >= 15 is 0 Å². The molecule has 116 valence electrons. The standard InChI is InChI=1S/C17H21N3O2/c1-21-14-9-3-5-12-8-4-10-20(16(12)14)11-15-18-19-17(22-15)13-6-2-7-13/h3,5,9,13H,2,4,6-8,10-11H2,1H3. The lowest BCUT2D eigenvalue weighted by molar-refractivity contribution is 0.323. The largest absolute Gasteiger partial charge is 0.495 e. The van der Waals surface area contributed by atoms with Crippen LogP contribution in [0.25, 0.3) is 0 Å². The summed E-state index contributed by atoms with van der Waals surface area (Å²) in [5.41, 5.74) is 2.52. The molecule has 0 N–H and O–H groups in total. The molecule has 5 nitrogen and oxygen atoms in total. The van der Waals surface area contributed by atoms with Gasteiger partial charge >= 0.3 is 0 Å². The van der Waals surface area contributed by atoms with E-state index in [1.54, 1.807) is 7.11 Å². The van der Waals surface area contributed by atoms with Crippen LogP contribution in [0.1, 0.15) is 48.9 Å². The van der Waals surface area contributed by atoms with Crippen LogP contribution in [0.15, 0.2) is 22.6 Å². The van der Waals surface area contributed by atoms with E-state index in [0.717, 1.165) is 31.0 Å². The van der Waals surface area contributed by atoms with Crippen LogP contribution in [-0.2, 0) is 13.0 Å². The number of methoxy groups -OCH3 is 1. The zero-order valence-electron chi connectivity index (χ0n) is 12.9. The fraction of sp³-hybridized carbons (Fsp3) is 0.529. The van der Waals surface area contributed by atoms with Crippen LogP contribution in [0.3, 0.4) is 0 Å². The molecule has 0 atom stereocenters. The highest BCUT2D eigenvalue weighted by Gasteiger charge is 2.27. The first-order chi connectivity index (χ1) is 10.8. The van der Waals surface area contributed by atoms with E-state index in [-0.39, 0.29) is 0 Å². The van der Waals surface area contributed by atoms with E-state index in [1.807, 2.05) is 6.07 Å². The van der Waals surface area contributed by atoms with Gasteiger partial charge in [-0.2, -0.15) is 0 Å². The highest BCUT2D eigenvalue weighted by molar-refractivity contribution is 5.65. The molecular formula is C17H21N3O2. The number of anilines is 1. The Labute approximate surface area is 130 Å². The molecule has 0 bridgehead atoms. The minimum Gasteiger partial charge on any atom is -0.495 e. The van der Waals surface area contributed by atoms with E-state index in [0.29, 0.717) is 18.4 Å². The highest BCUT2D eigenvalue weighted by Crippen LogP contribution is 2.38. The smallest absolute Gasteiger partial charge is 0.235 e. The van der Waals surface area contributed by atoms with Gasteiger partial charge in [0.05, 0.1) is 19.3 Å². The van der Waals surface area contributed by atoms with Gasteiger partial charge in [-0.3, -0.25) is 0 Å². The van der Waals surface area contributed by atoms with Crippen molar-refractivity contribution in [1.29, 1.82) is 0 Å². The van der Waals surface area contributed by atoms with Crippen LogP contribution < -0.4 is 9.64 Å². The van der Waals surface area contributed by atoms with Gasteiger partial charge in [0.25, 0.3) is 0 Å². The fourth-order valence-corrected chi connectivity index (χ4v) is 3.34. The Morgan fingerprint density at radius 3 is 2.95 bits per heavy atom. The number of ether oxygens (including phenoxy) is 1. The van der Waals surface area contributed by atoms with Crippen molar-refractivity contribution in [3.63, 3.8) is 0 Å². The number of benzene rings is 1. The van der Waals surface area contributed by atoms with Crippen molar-refractivity contribution in [1.82, 2.24) is 10.2 Å². The van der Waals surface area contributed by atoms with Crippen molar-refractivity contribution >= 4 is 5.69 Å². The predicted molar refractivity (Wildman–Crippen MR) is 83.3 cm³/mol. The van der Waals surface area contributed by atoms with Crippen molar-refractivity contribution in [2.24, 2.45) is 0 Å². The predicted octanol–water partition coefficient (Wildman–Crippen LogP) is 3.30. The monoisotopic (exact) mass is 299 g/mol. The number of fused-ring (bicyclic) bond motifs is 1. The average Bonchev–Trinajstić information content (AvgIpc) is 2.93. The molecule has 1 aliphatic carbocycles. The van der Waals surface area contributed by atoms with Crippen molar-refractivity contribution in [2.75, 3.05) is 18.6 Å². The topological polar surface area (TPSA) is 51.4 Å². The Morgan fingerprint density at radius 1 is 1.27 bits per heavy atom. The second kappa shape index (κ2) is 5.63. The van der Waals surface area contributed by atoms with Crippen molar-refractivity contribution in [3.05, 3.63) is 35.5 Å². The summed E-state index contributed by atoms with van der Waals surface area (Å²) in [5.74, 6) is 2.94. The maximum atomic E-state index is 5.87. The van der Waals surface area contributed by atoms with Gasteiger partial charge in [-0.25, -0.2) is 0 Å². The van der Waals surface area contributed by atoms with Crippen LogP contribution >= 0.6 is 0 Å². The van der Waals surface area contributed by atoms with Crippen molar-refractivity contribution in [2.45, 2.75) is 44.6 Å². The molecule has 22 heavy (non-hydrogen) atoms. The number of nitrogens with zero attached hydrogens (tertiary/aromatic N) is 3. The first-order valence-electron chi connectivity index (χ1n) is 8.08. The van der Waals surface area contributed by atoms with Gasteiger partial charge in [0.15, 0.2) is 0 Å². The van der Waals surface area contributed by atoms with Gasteiger partial charge < -0.3 is 14.1 Å². The third kappa shape index (κ3) is 2.34. The van der Waals surface area contributed by atoms with E-state index < -0.39 is 0 Å². The molecular weight excluding hydrogens is 278 g/mol. The Morgan fingerprint density at radius 2 is 2.18 bits per heavy atom. The first kappa shape index (κ1) is 13.6. The quantitative estimate of drug-likeness (QED) is 0.867. The molecule has 1 fully saturated rings. The van der Waals surface area contributed by atoms with Gasteiger partial charge in [-0.05, 0) is 37.3 Å². The summed E-state index contributed by atoms with van der Waals surface area (Å²) < 4.78 is 11.4. The normalized spacial score (nSPS) is 18.0. The Bertz CT molecular complexity index is 649. The fourth-order valence-electron chi connectivity index (χ4n) is 3.34. The van der Waals surface area contributed by atoms with Crippen molar-refractivity contribution in [3.8, 4) is 5.75 Å². The lowest BCUT2D eigenvalue weighted by atomic mass is 9.85. The summed E-state index contributed by atoms with van der Waals surface area (Å²) in [6.07, 6.45) is 5.88. The molecule has 4 rings (SSSR count). The molecule has 1 aromatic heterocycles. The Kier molecular flexibility index (Phi) is 3.48. The van der Waals surface area contributed by atoms with Crippen molar-refractivity contribution < 1.29 is 9.15 Å². The Hall–Kier alpha value is -2.04. The van der Waals surface area contributed by atoms with Crippen LogP contribution in [0.2, 0.25) is 0 Å². The number of aryl methyl sites for hydroxylation is 1. The van der Waals surface area contributed by atoms with E-state index in [2.05, 4.69) is 27.2 Å². The molecule has 0 spiro atoms. The molecule has 5 heteroatoms. The molecule has 1 aliphatic heterocycles. The lowest BCUT2D eigenvalue weighted by Crippen LogP contribution is -2.29. The molecule has 0 unspecified atom stereocenters. The Balaban J connectivity index is 1.58. The van der Waals surface area contributed by atoms with Gasteiger partial charge in [0, 0.05) is 12.5 Å². The molecule has 2 heterocycles. The molecule has 0 saturated heterocycles. The number of hydrogen-bond acceptors (Lipinski definition) is 5. The number of hydrogen-bond donors (Lipinski definition) is 0. The third-order valence-corrected chi connectivity index (χ3v) is 4.76. The van der Waals surface area contributed by atoms with E-state index in [4.69, 9.17) is 9.15 Å². The zero-order chi connectivity index (χ0) is 14.9. The highest BCUT2D eigenvalue weighted by atomic mass is 16.5. The van der Waals surface area contributed by atoms with Gasteiger partial charge in [0.2, 0.25) is 11.8 Å². The molecule has 1 aromatic carbocycles. The van der Waals surface area contributed by atoms with Gasteiger partial charge in [0.1, 0.15) is 5.75 Å². The number of aromatic nitrogens is 2. The molecule has 2 aromatic rings. The third-order valence-electron chi connectivity index (χ3n) is 4.76. The second-order valence-electron chi connectivity index (χ2n) is 6.15. The summed E-state index contributed by atoms with van der Waals surface area (Å²) >= 11 is 0. The van der Waals surface area contributed by atoms with E-state index in [1.165, 1.54) is 30.5 Å². The maximum absolute atomic E-state index is 5.87. The van der Waals surface area contributed by atoms with Crippen LogP contribution in [0, 0.1) is 0 Å². The summed E-state index contributed by atoms with van der Waals surface area (Å²) in [7, 11) is 1.73. The lowest BCUT2D eigenvalue weighted by Gasteiger charge is -2.31. The number of para-hydroxylation sites is 1. The van der Waals surface area contributed by atoms with Crippen LogP contribution in [-0.4, -0.2) is 23.9 Å². The van der Waals surface area contributed by atoms with Crippen LogP contribution in [0.5, 0.6) is 5.75 Å². The van der Waals surface area contributed by atoms with Gasteiger partial charge in [-0.15, -0.1) is 10.2 Å². The SMILES string of the molecule is COc1cccc2c1N(Cc1nnc(C3CCC3)o1)CCC2. The summed E-state index contributed by atoms with van der Waals surface area (Å²) in [4.78, 5) is 2.30. The molecule has 0 radical (unpaired) electrons. The minimum atomic E-state index is 0.490. The van der Waals surface area contributed by atoms with Crippen LogP contribution in [0.4, 0.5) is 5.69 Å². The van der Waals surface area contributed by atoms with E-state index in [9.17, 15) is 0 Å². The molecule has 2 aliphatic rings. The minimum absolute atomic E-state index is 0.490. The second-order valence-corrected chi connectivity index (χ2v) is 6.15. The summed E-state index contributed by atoms with van der Waals surface area (Å²) in [6, 6.07) is 6.25. The maximum Gasteiger partial charge on any atom is 0.235 e. The van der Waals surface area contributed by atoms with Gasteiger partial charge in [-0.1, -0.05) is 18.6 Å².